The summed E-state index contributed by atoms with van der Waals surface area (Å²) < 4.78 is 13.7. The Balaban J connectivity index is 1.77. The van der Waals surface area contributed by atoms with Crippen molar-refractivity contribution < 1.29 is 9.18 Å². The van der Waals surface area contributed by atoms with Crippen LogP contribution in [0.2, 0.25) is 5.02 Å². The minimum atomic E-state index is -0.644. The van der Waals surface area contributed by atoms with Gasteiger partial charge in [-0.1, -0.05) is 23.7 Å². The van der Waals surface area contributed by atoms with Gasteiger partial charge < -0.3 is 5.32 Å². The zero-order valence-corrected chi connectivity index (χ0v) is 12.1. The number of fused-ring (bicyclic) bond motifs is 1. The van der Waals surface area contributed by atoms with E-state index < -0.39 is 11.7 Å². The molecule has 110 valence electrons. The maximum absolute atomic E-state index is 13.7. The highest BCUT2D eigenvalue weighted by Gasteiger charge is 2.15. The molecule has 0 bridgehead atoms. The number of carbonyl (C=O) groups excluding carboxylic acids is 1. The summed E-state index contributed by atoms with van der Waals surface area (Å²) in [5.74, 6) is -1.20. The maximum Gasteiger partial charge on any atom is 0.256 e. The monoisotopic (exact) mass is 315 g/mol. The molecule has 0 saturated carbocycles. The van der Waals surface area contributed by atoms with Crippen molar-refractivity contribution in [2.45, 2.75) is 6.54 Å². The summed E-state index contributed by atoms with van der Waals surface area (Å²) in [6.07, 6.45) is 3.22. The molecular formula is C16H11ClFN3O. The van der Waals surface area contributed by atoms with Gasteiger partial charge in [-0.15, -0.1) is 0 Å². The number of halogens is 2. The number of amides is 1. The second kappa shape index (κ2) is 6.07. The quantitative estimate of drug-likeness (QED) is 0.806. The number of aromatic nitrogens is 2. The molecule has 3 aromatic rings. The van der Waals surface area contributed by atoms with Gasteiger partial charge in [-0.05, 0) is 29.8 Å². The highest BCUT2D eigenvalue weighted by atomic mass is 35.5. The molecular weight excluding hydrogens is 305 g/mol. The van der Waals surface area contributed by atoms with E-state index in [1.54, 1.807) is 12.4 Å². The van der Waals surface area contributed by atoms with Crippen LogP contribution in [0.25, 0.3) is 11.0 Å². The zero-order valence-electron chi connectivity index (χ0n) is 11.4. The molecule has 0 saturated heterocycles. The van der Waals surface area contributed by atoms with Gasteiger partial charge in [-0.2, -0.15) is 0 Å². The van der Waals surface area contributed by atoms with Crippen molar-refractivity contribution in [3.8, 4) is 0 Å². The second-order valence-electron chi connectivity index (χ2n) is 4.66. The molecule has 0 atom stereocenters. The van der Waals surface area contributed by atoms with Crippen LogP contribution in [0.4, 0.5) is 4.39 Å². The molecule has 22 heavy (non-hydrogen) atoms. The van der Waals surface area contributed by atoms with Crippen LogP contribution < -0.4 is 5.32 Å². The van der Waals surface area contributed by atoms with Crippen molar-refractivity contribution >= 4 is 28.5 Å². The van der Waals surface area contributed by atoms with Crippen molar-refractivity contribution in [1.29, 1.82) is 0 Å². The molecule has 0 radical (unpaired) electrons. The maximum atomic E-state index is 13.7. The lowest BCUT2D eigenvalue weighted by Crippen LogP contribution is -2.24. The van der Waals surface area contributed by atoms with Gasteiger partial charge in [-0.25, -0.2) is 4.39 Å². The summed E-state index contributed by atoms with van der Waals surface area (Å²) in [7, 11) is 0. The number of rotatable bonds is 3. The van der Waals surface area contributed by atoms with Gasteiger partial charge in [0.1, 0.15) is 5.82 Å². The SMILES string of the molecule is O=C(NCc1ccc2nccnc2c1)c1c(F)cccc1Cl. The van der Waals surface area contributed by atoms with E-state index in [1.165, 1.54) is 18.2 Å². The Kier molecular flexibility index (Phi) is 3.98. The molecule has 1 N–H and O–H groups in total. The fourth-order valence-corrected chi connectivity index (χ4v) is 2.35. The lowest BCUT2D eigenvalue weighted by atomic mass is 10.1. The Hall–Kier alpha value is -2.53. The number of nitrogens with zero attached hydrogens (tertiary/aromatic N) is 2. The minimum Gasteiger partial charge on any atom is -0.348 e. The van der Waals surface area contributed by atoms with Crippen LogP contribution in [0.5, 0.6) is 0 Å². The lowest BCUT2D eigenvalue weighted by molar-refractivity contribution is 0.0947. The van der Waals surface area contributed by atoms with Gasteiger partial charge in [0.05, 0.1) is 21.6 Å². The van der Waals surface area contributed by atoms with E-state index in [-0.39, 0.29) is 17.1 Å². The van der Waals surface area contributed by atoms with Gasteiger partial charge in [0.2, 0.25) is 0 Å². The summed E-state index contributed by atoms with van der Waals surface area (Å²) in [5.41, 5.74) is 2.20. The van der Waals surface area contributed by atoms with Crippen LogP contribution in [0.15, 0.2) is 48.8 Å². The van der Waals surface area contributed by atoms with Crippen molar-refractivity contribution in [3.63, 3.8) is 0 Å². The molecule has 3 rings (SSSR count). The van der Waals surface area contributed by atoms with Crippen LogP contribution in [0.3, 0.4) is 0 Å². The molecule has 6 heteroatoms. The fraction of sp³-hybridized carbons (Fsp3) is 0.0625. The van der Waals surface area contributed by atoms with E-state index in [0.29, 0.717) is 0 Å². The Morgan fingerprint density at radius 3 is 2.68 bits per heavy atom. The van der Waals surface area contributed by atoms with E-state index in [9.17, 15) is 9.18 Å². The molecule has 1 aromatic heterocycles. The Labute approximate surface area is 131 Å². The van der Waals surface area contributed by atoms with Crippen molar-refractivity contribution in [1.82, 2.24) is 15.3 Å². The van der Waals surface area contributed by atoms with Gasteiger partial charge in [0.15, 0.2) is 0 Å². The number of carbonyl (C=O) groups is 1. The van der Waals surface area contributed by atoms with Crippen LogP contribution in [-0.4, -0.2) is 15.9 Å². The lowest BCUT2D eigenvalue weighted by Gasteiger charge is -2.08. The highest BCUT2D eigenvalue weighted by molar-refractivity contribution is 6.33. The number of benzene rings is 2. The summed E-state index contributed by atoms with van der Waals surface area (Å²) >= 11 is 5.87. The standard InChI is InChI=1S/C16H11ClFN3O/c17-11-2-1-3-12(18)15(11)16(22)21-9-10-4-5-13-14(8-10)20-7-6-19-13/h1-8H,9H2,(H,21,22). The molecule has 4 nitrogen and oxygen atoms in total. The third-order valence-electron chi connectivity index (χ3n) is 3.18. The largest absolute Gasteiger partial charge is 0.348 e. The molecule has 0 aliphatic carbocycles. The normalized spacial score (nSPS) is 10.6. The number of hydrogen-bond donors (Lipinski definition) is 1. The third-order valence-corrected chi connectivity index (χ3v) is 3.49. The van der Waals surface area contributed by atoms with E-state index in [1.807, 2.05) is 18.2 Å². The van der Waals surface area contributed by atoms with E-state index in [4.69, 9.17) is 11.6 Å². The Morgan fingerprint density at radius 1 is 1.14 bits per heavy atom. The highest BCUT2D eigenvalue weighted by Crippen LogP contribution is 2.19. The van der Waals surface area contributed by atoms with Crippen molar-refractivity contribution in [2.75, 3.05) is 0 Å². The Bertz CT molecular complexity index is 833. The first kappa shape index (κ1) is 14.4. The predicted molar refractivity (Wildman–Crippen MR) is 82.1 cm³/mol. The number of hydrogen-bond acceptors (Lipinski definition) is 3. The summed E-state index contributed by atoms with van der Waals surface area (Å²) in [6.45, 7) is 0.246. The zero-order chi connectivity index (χ0) is 15.5. The Morgan fingerprint density at radius 2 is 1.91 bits per heavy atom. The third kappa shape index (κ3) is 2.89. The first-order valence-electron chi connectivity index (χ1n) is 6.57. The molecule has 0 aliphatic rings. The van der Waals surface area contributed by atoms with Crippen LogP contribution in [0, 0.1) is 5.82 Å². The predicted octanol–water partition coefficient (Wildman–Crippen LogP) is 3.35. The van der Waals surface area contributed by atoms with Crippen LogP contribution in [-0.2, 0) is 6.54 Å². The smallest absolute Gasteiger partial charge is 0.256 e. The molecule has 2 aromatic carbocycles. The summed E-state index contributed by atoms with van der Waals surface area (Å²) in [4.78, 5) is 20.4. The van der Waals surface area contributed by atoms with Gasteiger partial charge in [0.25, 0.3) is 5.91 Å². The molecule has 0 unspecified atom stereocenters. The topological polar surface area (TPSA) is 54.9 Å². The van der Waals surface area contributed by atoms with E-state index in [0.717, 1.165) is 16.6 Å². The molecule has 0 fully saturated rings. The average Bonchev–Trinajstić information content (AvgIpc) is 2.52. The number of nitrogens with one attached hydrogen (secondary N) is 1. The second-order valence-corrected chi connectivity index (χ2v) is 5.07. The molecule has 1 heterocycles. The summed E-state index contributed by atoms with van der Waals surface area (Å²) in [6, 6.07) is 9.61. The van der Waals surface area contributed by atoms with E-state index >= 15 is 0 Å². The fourth-order valence-electron chi connectivity index (χ4n) is 2.10. The van der Waals surface area contributed by atoms with Crippen LogP contribution in [0.1, 0.15) is 15.9 Å². The van der Waals surface area contributed by atoms with Crippen LogP contribution >= 0.6 is 11.6 Å². The molecule has 0 spiro atoms. The first-order valence-corrected chi connectivity index (χ1v) is 6.95. The van der Waals surface area contributed by atoms with Crippen molar-refractivity contribution in [2.24, 2.45) is 0 Å². The average molecular weight is 316 g/mol. The van der Waals surface area contributed by atoms with Gasteiger partial charge >= 0.3 is 0 Å². The van der Waals surface area contributed by atoms with E-state index in [2.05, 4.69) is 15.3 Å². The molecule has 1 amide bonds. The summed E-state index contributed by atoms with van der Waals surface area (Å²) in [5, 5.41) is 2.74. The minimum absolute atomic E-state index is 0.0851. The van der Waals surface area contributed by atoms with Crippen molar-refractivity contribution in [3.05, 3.63) is 70.8 Å². The van der Waals surface area contributed by atoms with Gasteiger partial charge in [-0.3, -0.25) is 14.8 Å². The van der Waals surface area contributed by atoms with Gasteiger partial charge in [0, 0.05) is 18.9 Å². The first-order chi connectivity index (χ1) is 10.6. The molecule has 0 aliphatic heterocycles.